The minimum absolute atomic E-state index is 0.000928. The molecule has 0 aromatic heterocycles. The third-order valence-electron chi connectivity index (χ3n) is 5.12. The maximum absolute atomic E-state index is 12.6. The van der Waals surface area contributed by atoms with Crippen molar-refractivity contribution in [1.82, 2.24) is 10.2 Å². The maximum Gasteiger partial charge on any atom is 0.224 e. The Hall–Kier alpha value is -1.88. The molecule has 27 heavy (non-hydrogen) atoms. The highest BCUT2D eigenvalue weighted by molar-refractivity contribution is 6.30. The van der Waals surface area contributed by atoms with Gasteiger partial charge in [0.15, 0.2) is 0 Å². The van der Waals surface area contributed by atoms with Gasteiger partial charge in [0.25, 0.3) is 0 Å². The van der Waals surface area contributed by atoms with Gasteiger partial charge in [0.1, 0.15) is 0 Å². The number of carbonyl (C=O) groups excluding carboxylic acids is 1. The standard InChI is InChI=1S/C22H27ClN2O2/c1-27-13-12-24-22(26)19-10-11-21(18-7-3-2-4-8-18)25(16-19)15-17-6-5-9-20(23)14-17/h2-9,14,19,21H,10-13,15-16H2,1H3,(H,24,26). The van der Waals surface area contributed by atoms with Crippen LogP contribution in [0.1, 0.15) is 30.0 Å². The molecular weight excluding hydrogens is 360 g/mol. The van der Waals surface area contributed by atoms with Gasteiger partial charge in [0, 0.05) is 37.8 Å². The highest BCUT2D eigenvalue weighted by Crippen LogP contribution is 2.34. The van der Waals surface area contributed by atoms with E-state index >= 15 is 0 Å². The van der Waals surface area contributed by atoms with Crippen LogP contribution in [-0.2, 0) is 16.1 Å². The van der Waals surface area contributed by atoms with Crippen LogP contribution >= 0.6 is 11.6 Å². The molecule has 5 heteroatoms. The van der Waals surface area contributed by atoms with Crippen LogP contribution < -0.4 is 5.32 Å². The Morgan fingerprint density at radius 1 is 1.19 bits per heavy atom. The maximum atomic E-state index is 12.6. The number of benzene rings is 2. The number of halogens is 1. The monoisotopic (exact) mass is 386 g/mol. The van der Waals surface area contributed by atoms with Crippen molar-refractivity contribution in [2.45, 2.75) is 25.4 Å². The van der Waals surface area contributed by atoms with Crippen molar-refractivity contribution >= 4 is 17.5 Å². The minimum atomic E-state index is 0.000928. The summed E-state index contributed by atoms with van der Waals surface area (Å²) in [7, 11) is 1.64. The summed E-state index contributed by atoms with van der Waals surface area (Å²) in [5, 5.41) is 3.73. The Morgan fingerprint density at radius 3 is 2.74 bits per heavy atom. The van der Waals surface area contributed by atoms with Gasteiger partial charge in [-0.25, -0.2) is 0 Å². The average molecular weight is 387 g/mol. The normalized spacial score (nSPS) is 20.4. The summed E-state index contributed by atoms with van der Waals surface area (Å²) in [6.45, 7) is 2.62. The molecule has 4 nitrogen and oxygen atoms in total. The van der Waals surface area contributed by atoms with Crippen molar-refractivity contribution < 1.29 is 9.53 Å². The van der Waals surface area contributed by atoms with Gasteiger partial charge in [-0.1, -0.05) is 54.1 Å². The number of ether oxygens (including phenoxy) is 1. The number of amides is 1. The number of nitrogens with zero attached hydrogens (tertiary/aromatic N) is 1. The van der Waals surface area contributed by atoms with Gasteiger partial charge >= 0.3 is 0 Å². The number of methoxy groups -OCH3 is 1. The molecule has 144 valence electrons. The number of carbonyl (C=O) groups is 1. The Labute approximate surface area is 166 Å². The van der Waals surface area contributed by atoms with E-state index in [1.54, 1.807) is 7.11 Å². The lowest BCUT2D eigenvalue weighted by atomic mass is 9.88. The lowest BCUT2D eigenvalue weighted by Gasteiger charge is -2.39. The zero-order valence-corrected chi connectivity index (χ0v) is 16.5. The van der Waals surface area contributed by atoms with E-state index in [2.05, 4.69) is 40.5 Å². The number of nitrogens with one attached hydrogen (secondary N) is 1. The fourth-order valence-corrected chi connectivity index (χ4v) is 3.99. The van der Waals surface area contributed by atoms with Crippen LogP contribution in [0.3, 0.4) is 0 Å². The third kappa shape index (κ3) is 5.55. The van der Waals surface area contributed by atoms with Crippen molar-refractivity contribution in [1.29, 1.82) is 0 Å². The van der Waals surface area contributed by atoms with Crippen molar-refractivity contribution in [3.8, 4) is 0 Å². The van der Waals surface area contributed by atoms with Gasteiger partial charge in [-0.15, -0.1) is 0 Å². The Kier molecular flexibility index (Phi) is 7.27. The van der Waals surface area contributed by atoms with Gasteiger partial charge in [0.2, 0.25) is 5.91 Å². The molecule has 1 aliphatic rings. The van der Waals surface area contributed by atoms with Crippen LogP contribution in [0.4, 0.5) is 0 Å². The SMILES string of the molecule is COCCNC(=O)C1CCC(c2ccccc2)N(Cc2cccc(Cl)c2)C1. The molecule has 1 fully saturated rings. The predicted octanol–water partition coefficient (Wildman–Crippen LogP) is 4.06. The highest BCUT2D eigenvalue weighted by Gasteiger charge is 2.32. The zero-order chi connectivity index (χ0) is 19.1. The Balaban J connectivity index is 1.74. The lowest BCUT2D eigenvalue weighted by Crippen LogP contribution is -2.44. The first-order valence-corrected chi connectivity index (χ1v) is 9.85. The lowest BCUT2D eigenvalue weighted by molar-refractivity contribution is -0.127. The van der Waals surface area contributed by atoms with Crippen LogP contribution in [0.25, 0.3) is 0 Å². The molecule has 1 aliphatic heterocycles. The van der Waals surface area contributed by atoms with E-state index in [0.717, 1.165) is 31.0 Å². The molecule has 0 aliphatic carbocycles. The summed E-state index contributed by atoms with van der Waals surface area (Å²) >= 11 is 6.17. The molecule has 0 bridgehead atoms. The van der Waals surface area contributed by atoms with Gasteiger partial charge in [0.05, 0.1) is 12.5 Å². The molecule has 1 N–H and O–H groups in total. The topological polar surface area (TPSA) is 41.6 Å². The summed E-state index contributed by atoms with van der Waals surface area (Å²) in [5.74, 6) is 0.121. The van der Waals surface area contributed by atoms with Crippen LogP contribution in [0.15, 0.2) is 54.6 Å². The van der Waals surface area contributed by atoms with Crippen molar-refractivity contribution in [3.05, 3.63) is 70.7 Å². The number of likely N-dealkylation sites (tertiary alicyclic amines) is 1. The number of piperidine rings is 1. The van der Waals surface area contributed by atoms with Crippen LogP contribution in [0, 0.1) is 5.92 Å². The quantitative estimate of drug-likeness (QED) is 0.730. The predicted molar refractivity (Wildman–Crippen MR) is 109 cm³/mol. The van der Waals surface area contributed by atoms with Gasteiger partial charge < -0.3 is 10.1 Å². The van der Waals surface area contributed by atoms with Crippen molar-refractivity contribution in [3.63, 3.8) is 0 Å². The highest BCUT2D eigenvalue weighted by atomic mass is 35.5. The molecule has 1 heterocycles. The van der Waals surface area contributed by atoms with E-state index in [-0.39, 0.29) is 11.8 Å². The largest absolute Gasteiger partial charge is 0.383 e. The van der Waals surface area contributed by atoms with E-state index < -0.39 is 0 Å². The summed E-state index contributed by atoms with van der Waals surface area (Å²) in [5.41, 5.74) is 2.47. The molecule has 1 amide bonds. The van der Waals surface area contributed by atoms with E-state index in [0.29, 0.717) is 19.2 Å². The third-order valence-corrected chi connectivity index (χ3v) is 5.35. The van der Waals surface area contributed by atoms with E-state index in [1.807, 2.05) is 24.3 Å². The summed E-state index contributed by atoms with van der Waals surface area (Å²) in [6.07, 6.45) is 1.86. The van der Waals surface area contributed by atoms with Crippen LogP contribution in [0.5, 0.6) is 0 Å². The Bertz CT molecular complexity index is 738. The second kappa shape index (κ2) is 9.88. The minimum Gasteiger partial charge on any atom is -0.383 e. The van der Waals surface area contributed by atoms with Gasteiger partial charge in [-0.3, -0.25) is 9.69 Å². The fraction of sp³-hybridized carbons (Fsp3) is 0.409. The molecule has 3 rings (SSSR count). The molecule has 0 spiro atoms. The molecule has 2 aromatic rings. The second-order valence-electron chi connectivity index (χ2n) is 7.04. The van der Waals surface area contributed by atoms with E-state index in [4.69, 9.17) is 16.3 Å². The van der Waals surface area contributed by atoms with Gasteiger partial charge in [-0.05, 0) is 36.1 Å². The molecular formula is C22H27ClN2O2. The first-order chi connectivity index (χ1) is 13.2. The van der Waals surface area contributed by atoms with Crippen LogP contribution in [0.2, 0.25) is 5.02 Å². The van der Waals surface area contributed by atoms with Crippen molar-refractivity contribution in [2.24, 2.45) is 5.92 Å². The Morgan fingerprint density at radius 2 is 2.00 bits per heavy atom. The molecule has 2 atom stereocenters. The van der Waals surface area contributed by atoms with Gasteiger partial charge in [-0.2, -0.15) is 0 Å². The summed E-state index contributed by atoms with van der Waals surface area (Å²) in [6, 6.07) is 18.8. The number of hydrogen-bond acceptors (Lipinski definition) is 3. The smallest absolute Gasteiger partial charge is 0.224 e. The number of rotatable bonds is 7. The molecule has 0 saturated carbocycles. The molecule has 2 unspecified atom stereocenters. The molecule has 1 saturated heterocycles. The molecule has 0 radical (unpaired) electrons. The fourth-order valence-electron chi connectivity index (χ4n) is 3.78. The van der Waals surface area contributed by atoms with E-state index in [1.165, 1.54) is 11.1 Å². The number of hydrogen-bond donors (Lipinski definition) is 1. The van der Waals surface area contributed by atoms with E-state index in [9.17, 15) is 4.79 Å². The van der Waals surface area contributed by atoms with Crippen molar-refractivity contribution in [2.75, 3.05) is 26.8 Å². The zero-order valence-electron chi connectivity index (χ0n) is 15.7. The van der Waals surface area contributed by atoms with Crippen LogP contribution in [-0.4, -0.2) is 37.6 Å². The second-order valence-corrected chi connectivity index (χ2v) is 7.48. The average Bonchev–Trinajstić information content (AvgIpc) is 2.69. The first kappa shape index (κ1) is 19.9. The summed E-state index contributed by atoms with van der Waals surface area (Å²) < 4.78 is 5.03. The molecule has 2 aromatic carbocycles. The summed E-state index contributed by atoms with van der Waals surface area (Å²) in [4.78, 5) is 15.0. The first-order valence-electron chi connectivity index (χ1n) is 9.47.